The number of anilines is 1. The third kappa shape index (κ3) is 5.63. The van der Waals surface area contributed by atoms with E-state index in [1.54, 1.807) is 48.5 Å². The van der Waals surface area contributed by atoms with Gasteiger partial charge in [-0.1, -0.05) is 38.8 Å². The Bertz CT molecular complexity index is 984. The minimum atomic E-state index is -0.921. The van der Waals surface area contributed by atoms with Gasteiger partial charge in [0.1, 0.15) is 23.6 Å². The van der Waals surface area contributed by atoms with Crippen molar-refractivity contribution in [3.8, 4) is 17.2 Å². The second-order valence-electron chi connectivity index (χ2n) is 7.95. The van der Waals surface area contributed by atoms with E-state index in [1.807, 2.05) is 20.8 Å². The van der Waals surface area contributed by atoms with E-state index >= 15 is 0 Å². The molecule has 8 nitrogen and oxygen atoms in total. The molecular weight excluding hydrogens is 422 g/mol. The van der Waals surface area contributed by atoms with Gasteiger partial charge in [-0.3, -0.25) is 14.5 Å². The largest absolute Gasteiger partial charge is 0.494 e. The maximum atomic E-state index is 13.0. The Morgan fingerprint density at radius 2 is 1.61 bits per heavy atom. The van der Waals surface area contributed by atoms with E-state index in [9.17, 15) is 14.4 Å². The molecule has 3 rings (SSSR count). The van der Waals surface area contributed by atoms with Crippen LogP contribution in [-0.2, 0) is 9.59 Å². The van der Waals surface area contributed by atoms with E-state index in [2.05, 4.69) is 10.6 Å². The number of amides is 4. The standard InChI is InChI=1S/C25H31N3O5/c1-4-15-25(16-5-2)23(30)28(24(31)27-25)17-22(29)26-20-9-7-8-10-21(20)33-19-13-11-18(12-14-19)32-6-3/h7-14H,4-6,15-17H2,1-3H3,(H,26,29)(H,27,31). The average molecular weight is 454 g/mol. The second-order valence-corrected chi connectivity index (χ2v) is 7.95. The van der Waals surface area contributed by atoms with E-state index in [4.69, 9.17) is 9.47 Å². The van der Waals surface area contributed by atoms with Crippen molar-refractivity contribution in [3.05, 3.63) is 48.5 Å². The number of benzene rings is 2. The number of carbonyl (C=O) groups excluding carboxylic acids is 3. The first-order chi connectivity index (χ1) is 15.9. The topological polar surface area (TPSA) is 97.0 Å². The third-order valence-electron chi connectivity index (χ3n) is 5.42. The maximum Gasteiger partial charge on any atom is 0.325 e. The molecule has 33 heavy (non-hydrogen) atoms. The van der Waals surface area contributed by atoms with Crippen molar-refractivity contribution in [2.24, 2.45) is 0 Å². The molecule has 0 radical (unpaired) electrons. The molecule has 0 saturated carbocycles. The number of imide groups is 1. The smallest absolute Gasteiger partial charge is 0.325 e. The van der Waals surface area contributed by atoms with Gasteiger partial charge in [-0.15, -0.1) is 0 Å². The molecule has 0 aromatic heterocycles. The molecule has 1 fully saturated rings. The van der Waals surface area contributed by atoms with Gasteiger partial charge in [-0.05, 0) is 56.2 Å². The predicted octanol–water partition coefficient (Wildman–Crippen LogP) is 4.71. The van der Waals surface area contributed by atoms with Crippen LogP contribution in [0.4, 0.5) is 10.5 Å². The molecule has 1 heterocycles. The number of hydrogen-bond donors (Lipinski definition) is 2. The summed E-state index contributed by atoms with van der Waals surface area (Å²) in [5, 5.41) is 5.58. The zero-order valence-electron chi connectivity index (χ0n) is 19.3. The monoisotopic (exact) mass is 453 g/mol. The fourth-order valence-electron chi connectivity index (χ4n) is 4.03. The molecule has 8 heteroatoms. The van der Waals surface area contributed by atoms with E-state index in [1.165, 1.54) is 0 Å². The minimum Gasteiger partial charge on any atom is -0.494 e. The van der Waals surface area contributed by atoms with Crippen molar-refractivity contribution < 1.29 is 23.9 Å². The highest BCUT2D eigenvalue weighted by Gasteiger charge is 2.50. The van der Waals surface area contributed by atoms with E-state index < -0.39 is 17.5 Å². The summed E-state index contributed by atoms with van der Waals surface area (Å²) >= 11 is 0. The zero-order valence-corrected chi connectivity index (χ0v) is 19.3. The van der Waals surface area contributed by atoms with Gasteiger partial charge in [0.25, 0.3) is 5.91 Å². The Morgan fingerprint density at radius 1 is 0.970 bits per heavy atom. The Labute approximate surface area is 194 Å². The van der Waals surface area contributed by atoms with Crippen molar-refractivity contribution in [1.82, 2.24) is 10.2 Å². The summed E-state index contributed by atoms with van der Waals surface area (Å²) in [5.41, 5.74) is -0.480. The first-order valence-corrected chi connectivity index (χ1v) is 11.4. The number of nitrogens with zero attached hydrogens (tertiary/aromatic N) is 1. The van der Waals surface area contributed by atoms with Gasteiger partial charge < -0.3 is 20.1 Å². The van der Waals surface area contributed by atoms with Crippen LogP contribution in [0.3, 0.4) is 0 Å². The molecule has 2 N–H and O–H groups in total. The molecular formula is C25H31N3O5. The number of para-hydroxylation sites is 2. The van der Waals surface area contributed by atoms with Crippen molar-refractivity contribution >= 4 is 23.5 Å². The molecule has 4 amide bonds. The molecule has 176 valence electrons. The van der Waals surface area contributed by atoms with Crippen LogP contribution in [0.1, 0.15) is 46.5 Å². The molecule has 0 aliphatic carbocycles. The predicted molar refractivity (Wildman–Crippen MR) is 126 cm³/mol. The Kier molecular flexibility index (Phi) is 7.92. The SMILES string of the molecule is CCCC1(CCC)NC(=O)N(CC(=O)Nc2ccccc2Oc2ccc(OCC)cc2)C1=O. The van der Waals surface area contributed by atoms with Crippen molar-refractivity contribution in [1.29, 1.82) is 0 Å². The molecule has 0 bridgehead atoms. The summed E-state index contributed by atoms with van der Waals surface area (Å²) < 4.78 is 11.4. The number of nitrogens with one attached hydrogen (secondary N) is 2. The summed E-state index contributed by atoms with van der Waals surface area (Å²) in [4.78, 5) is 39.3. The Morgan fingerprint density at radius 3 is 2.24 bits per heavy atom. The van der Waals surface area contributed by atoms with Crippen LogP contribution in [-0.4, -0.2) is 41.4 Å². The summed E-state index contributed by atoms with van der Waals surface area (Å²) in [6.45, 7) is 6.05. The molecule has 0 unspecified atom stereocenters. The van der Waals surface area contributed by atoms with Crippen LogP contribution in [0.5, 0.6) is 17.2 Å². The lowest BCUT2D eigenvalue weighted by Crippen LogP contribution is -2.47. The van der Waals surface area contributed by atoms with Gasteiger partial charge in [-0.25, -0.2) is 4.79 Å². The summed E-state index contributed by atoms with van der Waals surface area (Å²) in [5.74, 6) is 0.939. The quantitative estimate of drug-likeness (QED) is 0.481. The molecule has 2 aromatic carbocycles. The second kappa shape index (κ2) is 10.8. The highest BCUT2D eigenvalue weighted by molar-refractivity contribution is 6.10. The van der Waals surface area contributed by atoms with Crippen LogP contribution in [0.2, 0.25) is 0 Å². The summed E-state index contributed by atoms with van der Waals surface area (Å²) in [6, 6.07) is 13.6. The molecule has 2 aromatic rings. The van der Waals surface area contributed by atoms with Gasteiger partial charge in [-0.2, -0.15) is 0 Å². The number of ether oxygens (including phenoxy) is 2. The van der Waals surface area contributed by atoms with Crippen molar-refractivity contribution in [3.63, 3.8) is 0 Å². The van der Waals surface area contributed by atoms with E-state index in [-0.39, 0.29) is 12.5 Å². The van der Waals surface area contributed by atoms with Gasteiger partial charge in [0.15, 0.2) is 5.75 Å². The van der Waals surface area contributed by atoms with Crippen molar-refractivity contribution in [2.75, 3.05) is 18.5 Å². The molecule has 0 spiro atoms. The average Bonchev–Trinajstić information content (AvgIpc) is 3.01. The van der Waals surface area contributed by atoms with Crippen LogP contribution in [0, 0.1) is 0 Å². The van der Waals surface area contributed by atoms with Crippen LogP contribution in [0.15, 0.2) is 48.5 Å². The fraction of sp³-hybridized carbons (Fsp3) is 0.400. The number of hydrogen-bond acceptors (Lipinski definition) is 5. The van der Waals surface area contributed by atoms with Gasteiger partial charge in [0, 0.05) is 0 Å². The van der Waals surface area contributed by atoms with Gasteiger partial charge >= 0.3 is 6.03 Å². The van der Waals surface area contributed by atoms with Gasteiger partial charge in [0.05, 0.1) is 12.3 Å². The lowest BCUT2D eigenvalue weighted by Gasteiger charge is -2.25. The normalized spacial score (nSPS) is 14.7. The summed E-state index contributed by atoms with van der Waals surface area (Å²) in [7, 11) is 0. The minimum absolute atomic E-state index is 0.342. The first-order valence-electron chi connectivity index (χ1n) is 11.4. The molecule has 1 aliphatic heterocycles. The molecule has 1 saturated heterocycles. The van der Waals surface area contributed by atoms with Crippen LogP contribution < -0.4 is 20.1 Å². The fourth-order valence-corrected chi connectivity index (χ4v) is 4.03. The zero-order chi connectivity index (χ0) is 23.8. The van der Waals surface area contributed by atoms with Gasteiger partial charge in [0.2, 0.25) is 5.91 Å². The highest BCUT2D eigenvalue weighted by atomic mass is 16.5. The van der Waals surface area contributed by atoms with Crippen LogP contribution >= 0.6 is 0 Å². The number of rotatable bonds is 11. The summed E-state index contributed by atoms with van der Waals surface area (Å²) in [6.07, 6.45) is 2.59. The maximum absolute atomic E-state index is 13.0. The van der Waals surface area contributed by atoms with E-state index in [0.717, 1.165) is 23.5 Å². The molecule has 0 atom stereocenters. The lowest BCUT2D eigenvalue weighted by atomic mass is 9.88. The number of carbonyl (C=O) groups is 3. The number of urea groups is 1. The van der Waals surface area contributed by atoms with E-state index in [0.29, 0.717) is 36.6 Å². The Hall–Kier alpha value is -3.55. The lowest BCUT2D eigenvalue weighted by molar-refractivity contribution is -0.134. The van der Waals surface area contributed by atoms with Crippen molar-refractivity contribution in [2.45, 2.75) is 52.0 Å². The third-order valence-corrected chi connectivity index (χ3v) is 5.42. The highest BCUT2D eigenvalue weighted by Crippen LogP contribution is 2.31. The Balaban J connectivity index is 1.68. The first kappa shape index (κ1) is 24.1. The molecule has 1 aliphatic rings. The van der Waals surface area contributed by atoms with Crippen LogP contribution in [0.25, 0.3) is 0 Å².